The molecule has 0 bridgehead atoms. The summed E-state index contributed by atoms with van der Waals surface area (Å²) < 4.78 is 10.5. The highest BCUT2D eigenvalue weighted by Gasteiger charge is 2.26. The number of carbonyl (C=O) groups is 1. The number of H-pyrrole nitrogens is 1. The predicted octanol–water partition coefficient (Wildman–Crippen LogP) is 2.35. The number of methoxy groups -OCH3 is 2. The van der Waals surface area contributed by atoms with E-state index in [1.807, 2.05) is 24.3 Å². The van der Waals surface area contributed by atoms with Gasteiger partial charge in [0.1, 0.15) is 11.5 Å². The first-order valence-corrected chi connectivity index (χ1v) is 9.06. The zero-order chi connectivity index (χ0) is 19.5. The number of para-hydroxylation sites is 1. The molecule has 1 aliphatic rings. The lowest BCUT2D eigenvalue weighted by atomic mass is 9.98. The topological polar surface area (TPSA) is 87.7 Å². The van der Waals surface area contributed by atoms with Gasteiger partial charge in [0.2, 0.25) is 0 Å². The fraction of sp³-hybridized carbons (Fsp3) is 0.238. The van der Waals surface area contributed by atoms with Crippen LogP contribution in [0.25, 0.3) is 10.9 Å². The Bertz CT molecular complexity index is 1040. The molecule has 1 amide bonds. The summed E-state index contributed by atoms with van der Waals surface area (Å²) in [4.78, 5) is 16.0. The van der Waals surface area contributed by atoms with Crippen LogP contribution in [0.2, 0.25) is 0 Å². The summed E-state index contributed by atoms with van der Waals surface area (Å²) in [7, 11) is 3.18. The van der Waals surface area contributed by atoms with Gasteiger partial charge < -0.3 is 14.5 Å². The number of nitrogens with zero attached hydrogens (tertiary/aromatic N) is 1. The van der Waals surface area contributed by atoms with Crippen molar-refractivity contribution in [2.45, 2.75) is 19.0 Å². The van der Waals surface area contributed by atoms with Gasteiger partial charge in [-0.15, -0.1) is 0 Å². The summed E-state index contributed by atoms with van der Waals surface area (Å²) in [6, 6.07) is 13.2. The van der Waals surface area contributed by atoms with Crippen molar-refractivity contribution in [1.82, 2.24) is 15.7 Å². The molecule has 1 atom stereocenters. The number of rotatable bonds is 5. The highest BCUT2D eigenvalue weighted by Crippen LogP contribution is 2.26. The molecule has 0 spiro atoms. The van der Waals surface area contributed by atoms with E-state index in [1.54, 1.807) is 26.5 Å². The molecule has 0 saturated carbocycles. The van der Waals surface area contributed by atoms with Crippen LogP contribution < -0.4 is 20.2 Å². The number of carbonyl (C=O) groups excluding carboxylic acids is 1. The fourth-order valence-corrected chi connectivity index (χ4v) is 3.50. The second-order valence-corrected chi connectivity index (χ2v) is 6.61. The Hall–Kier alpha value is -3.32. The van der Waals surface area contributed by atoms with Crippen LogP contribution in [0.5, 0.6) is 11.5 Å². The molecule has 2 aromatic carbocycles. The minimum absolute atomic E-state index is 0.167. The summed E-state index contributed by atoms with van der Waals surface area (Å²) in [5.41, 5.74) is 6.80. The Labute approximate surface area is 162 Å². The molecule has 4 rings (SSSR count). The molecule has 7 nitrogen and oxygen atoms in total. The summed E-state index contributed by atoms with van der Waals surface area (Å²) in [6.07, 6.45) is 2.18. The van der Waals surface area contributed by atoms with Crippen molar-refractivity contribution in [3.8, 4) is 11.5 Å². The predicted molar refractivity (Wildman–Crippen MR) is 108 cm³/mol. The van der Waals surface area contributed by atoms with E-state index in [-0.39, 0.29) is 11.9 Å². The number of amides is 1. The maximum atomic E-state index is 12.6. The van der Waals surface area contributed by atoms with Crippen molar-refractivity contribution >= 4 is 23.0 Å². The second-order valence-electron chi connectivity index (χ2n) is 6.61. The monoisotopic (exact) mass is 378 g/mol. The van der Waals surface area contributed by atoms with Gasteiger partial charge in [0.05, 0.1) is 26.5 Å². The van der Waals surface area contributed by atoms with E-state index in [9.17, 15) is 4.79 Å². The van der Waals surface area contributed by atoms with E-state index in [0.717, 1.165) is 16.8 Å². The molecule has 7 heteroatoms. The van der Waals surface area contributed by atoms with Crippen LogP contribution >= 0.6 is 0 Å². The van der Waals surface area contributed by atoms with Crippen LogP contribution in [0, 0.1) is 0 Å². The number of aromatic nitrogens is 1. The average Bonchev–Trinajstić information content (AvgIpc) is 3.11. The molecule has 0 unspecified atom stereocenters. The van der Waals surface area contributed by atoms with Crippen molar-refractivity contribution in [2.75, 3.05) is 14.2 Å². The molecular weight excluding hydrogens is 356 g/mol. The van der Waals surface area contributed by atoms with Crippen LogP contribution in [0.15, 0.2) is 47.6 Å². The lowest BCUT2D eigenvalue weighted by Gasteiger charge is -2.22. The number of hydrogen-bond donors (Lipinski definition) is 3. The Morgan fingerprint density at radius 2 is 2.07 bits per heavy atom. The molecule has 0 saturated heterocycles. The number of hydrogen-bond acceptors (Lipinski definition) is 5. The van der Waals surface area contributed by atoms with Gasteiger partial charge in [-0.25, -0.2) is 5.43 Å². The largest absolute Gasteiger partial charge is 0.497 e. The van der Waals surface area contributed by atoms with Crippen LogP contribution in [-0.4, -0.2) is 37.4 Å². The van der Waals surface area contributed by atoms with Crippen LogP contribution in [0.1, 0.15) is 16.8 Å². The molecular formula is C21H22N4O3. The first kappa shape index (κ1) is 18.1. The minimum atomic E-state index is -0.332. The van der Waals surface area contributed by atoms with E-state index >= 15 is 0 Å². The van der Waals surface area contributed by atoms with E-state index < -0.39 is 0 Å². The van der Waals surface area contributed by atoms with E-state index in [0.29, 0.717) is 24.5 Å². The molecule has 1 aliphatic heterocycles. The summed E-state index contributed by atoms with van der Waals surface area (Å²) in [5, 5.41) is 8.53. The van der Waals surface area contributed by atoms with Crippen molar-refractivity contribution in [3.63, 3.8) is 0 Å². The second kappa shape index (κ2) is 7.74. The van der Waals surface area contributed by atoms with Crippen LogP contribution in [0.4, 0.5) is 0 Å². The third-order valence-electron chi connectivity index (χ3n) is 4.97. The number of fused-ring (bicyclic) bond motifs is 3. The van der Waals surface area contributed by atoms with Crippen molar-refractivity contribution in [2.24, 2.45) is 5.10 Å². The fourth-order valence-electron chi connectivity index (χ4n) is 3.50. The van der Waals surface area contributed by atoms with Gasteiger partial charge >= 0.3 is 0 Å². The van der Waals surface area contributed by atoms with Gasteiger partial charge in [-0.3, -0.25) is 10.1 Å². The van der Waals surface area contributed by atoms with E-state index in [4.69, 9.17) is 9.47 Å². The van der Waals surface area contributed by atoms with E-state index in [2.05, 4.69) is 33.0 Å². The molecule has 0 aliphatic carbocycles. The highest BCUT2D eigenvalue weighted by atomic mass is 16.5. The van der Waals surface area contributed by atoms with Gasteiger partial charge in [-0.05, 0) is 30.2 Å². The molecule has 2 heterocycles. The maximum Gasteiger partial charge on any atom is 0.257 e. The first-order valence-electron chi connectivity index (χ1n) is 9.06. The molecule has 28 heavy (non-hydrogen) atoms. The highest BCUT2D eigenvalue weighted by molar-refractivity contribution is 5.89. The molecule has 3 aromatic rings. The number of nitrogens with one attached hydrogen (secondary N) is 3. The Balaban J connectivity index is 1.44. The Morgan fingerprint density at radius 1 is 1.21 bits per heavy atom. The summed E-state index contributed by atoms with van der Waals surface area (Å²) >= 11 is 0. The van der Waals surface area contributed by atoms with Crippen LogP contribution in [-0.2, 0) is 17.8 Å². The van der Waals surface area contributed by atoms with Crippen molar-refractivity contribution < 1.29 is 14.3 Å². The van der Waals surface area contributed by atoms with Crippen molar-refractivity contribution in [3.05, 3.63) is 59.3 Å². The van der Waals surface area contributed by atoms with E-state index in [1.165, 1.54) is 10.9 Å². The number of aromatic amines is 1. The third kappa shape index (κ3) is 3.44. The molecule has 3 N–H and O–H groups in total. The van der Waals surface area contributed by atoms with Gasteiger partial charge in [-0.1, -0.05) is 18.2 Å². The lowest BCUT2D eigenvalue weighted by Crippen LogP contribution is -2.46. The summed E-state index contributed by atoms with van der Waals surface area (Å²) in [5.74, 6) is 1.15. The standard InChI is InChI=1S/C21H22N4O3/c1-27-14-8-7-13(20(9-14)28-2)11-23-25-21(26)18-10-16-15-5-3-4-6-17(15)24-19(16)12-22-18/h3-9,11,18,22,24H,10,12H2,1-2H3,(H,25,26)/b23-11-/t18-/m0/s1. The Morgan fingerprint density at radius 3 is 2.89 bits per heavy atom. The van der Waals surface area contributed by atoms with Gasteiger partial charge in [0.15, 0.2) is 0 Å². The molecule has 144 valence electrons. The quantitative estimate of drug-likeness (QED) is 0.470. The lowest BCUT2D eigenvalue weighted by molar-refractivity contribution is -0.123. The first-order chi connectivity index (χ1) is 13.7. The normalized spacial score (nSPS) is 16.1. The van der Waals surface area contributed by atoms with Crippen LogP contribution in [0.3, 0.4) is 0 Å². The zero-order valence-electron chi connectivity index (χ0n) is 15.8. The zero-order valence-corrected chi connectivity index (χ0v) is 15.8. The van der Waals surface area contributed by atoms with Gasteiger partial charge in [-0.2, -0.15) is 5.10 Å². The van der Waals surface area contributed by atoms with Crippen molar-refractivity contribution in [1.29, 1.82) is 0 Å². The molecule has 0 radical (unpaired) electrons. The summed E-state index contributed by atoms with van der Waals surface area (Å²) in [6.45, 7) is 0.623. The van der Waals surface area contributed by atoms with Gasteiger partial charge in [0.25, 0.3) is 5.91 Å². The SMILES string of the molecule is COc1ccc(/C=N\NC(=O)[C@@H]2Cc3c([nH]c4ccccc34)CN2)c(OC)c1. The maximum absolute atomic E-state index is 12.6. The minimum Gasteiger partial charge on any atom is -0.497 e. The number of ether oxygens (including phenoxy) is 2. The smallest absolute Gasteiger partial charge is 0.257 e. The number of hydrazone groups is 1. The third-order valence-corrected chi connectivity index (χ3v) is 4.97. The molecule has 1 aromatic heterocycles. The van der Waals surface area contributed by atoms with Gasteiger partial charge in [0, 0.05) is 34.8 Å². The molecule has 0 fully saturated rings. The Kier molecular flexibility index (Phi) is 4.99. The average molecular weight is 378 g/mol. The number of benzene rings is 2.